The number of halogens is 1. The van der Waals surface area contributed by atoms with E-state index in [1.807, 2.05) is 19.1 Å². The fraction of sp³-hybridized carbons (Fsp3) is 0.571. The molecule has 3 nitrogen and oxygen atoms in total. The van der Waals surface area contributed by atoms with Gasteiger partial charge in [0.1, 0.15) is 11.4 Å². The minimum absolute atomic E-state index is 0.0637. The van der Waals surface area contributed by atoms with Crippen LogP contribution in [-0.2, 0) is 4.74 Å². The lowest BCUT2D eigenvalue weighted by Crippen LogP contribution is -2.55. The van der Waals surface area contributed by atoms with Crippen LogP contribution in [0.3, 0.4) is 0 Å². The van der Waals surface area contributed by atoms with E-state index in [1.165, 1.54) is 0 Å². The Morgan fingerprint density at radius 3 is 2.94 bits per heavy atom. The van der Waals surface area contributed by atoms with Gasteiger partial charge in [-0.15, -0.1) is 0 Å². The van der Waals surface area contributed by atoms with Gasteiger partial charge in [-0.3, -0.25) is 0 Å². The number of rotatable bonds is 2. The van der Waals surface area contributed by atoms with E-state index in [1.54, 1.807) is 0 Å². The molecule has 3 rings (SSSR count). The summed E-state index contributed by atoms with van der Waals surface area (Å²) >= 11 is 3.48. The molecule has 18 heavy (non-hydrogen) atoms. The second-order valence-corrected chi connectivity index (χ2v) is 6.18. The van der Waals surface area contributed by atoms with Crippen LogP contribution in [0.1, 0.15) is 37.8 Å². The van der Waals surface area contributed by atoms with Gasteiger partial charge in [0.05, 0.1) is 6.10 Å². The molecule has 98 valence electrons. The minimum Gasteiger partial charge on any atom is -0.487 e. The summed E-state index contributed by atoms with van der Waals surface area (Å²) in [5, 5.41) is 0. The molecular weight excluding hydrogens is 294 g/mol. The van der Waals surface area contributed by atoms with Gasteiger partial charge in [0.15, 0.2) is 0 Å². The predicted octanol–water partition coefficient (Wildman–Crippen LogP) is 3.17. The zero-order chi connectivity index (χ0) is 12.8. The SMILES string of the molecule is CCOC1CC2(C1)CC(N)c1cc(Br)ccc1O2. The summed E-state index contributed by atoms with van der Waals surface area (Å²) in [6, 6.07) is 6.14. The maximum Gasteiger partial charge on any atom is 0.124 e. The minimum atomic E-state index is -0.0833. The van der Waals surface area contributed by atoms with Crippen LogP contribution in [0.5, 0.6) is 5.75 Å². The van der Waals surface area contributed by atoms with Crippen molar-refractivity contribution in [2.75, 3.05) is 6.61 Å². The van der Waals surface area contributed by atoms with Crippen LogP contribution < -0.4 is 10.5 Å². The van der Waals surface area contributed by atoms with Gasteiger partial charge in [0.2, 0.25) is 0 Å². The summed E-state index contributed by atoms with van der Waals surface area (Å²) in [6.07, 6.45) is 3.16. The Morgan fingerprint density at radius 1 is 1.44 bits per heavy atom. The van der Waals surface area contributed by atoms with E-state index in [9.17, 15) is 0 Å². The van der Waals surface area contributed by atoms with Gasteiger partial charge in [-0.2, -0.15) is 0 Å². The summed E-state index contributed by atoms with van der Waals surface area (Å²) in [5.41, 5.74) is 7.30. The Hall–Kier alpha value is -0.580. The van der Waals surface area contributed by atoms with Gasteiger partial charge >= 0.3 is 0 Å². The molecular formula is C14H18BrNO2. The normalized spacial score (nSPS) is 33.7. The van der Waals surface area contributed by atoms with Gasteiger partial charge in [-0.1, -0.05) is 15.9 Å². The van der Waals surface area contributed by atoms with Gasteiger partial charge in [-0.05, 0) is 25.1 Å². The molecule has 1 fully saturated rings. The Labute approximate surface area is 116 Å². The Kier molecular flexibility index (Phi) is 3.12. The van der Waals surface area contributed by atoms with E-state index >= 15 is 0 Å². The third-order valence-corrected chi connectivity index (χ3v) is 4.38. The number of hydrogen-bond acceptors (Lipinski definition) is 3. The van der Waals surface area contributed by atoms with Gasteiger partial charge in [0, 0.05) is 41.9 Å². The molecule has 2 aliphatic rings. The molecule has 1 aromatic rings. The van der Waals surface area contributed by atoms with Crippen LogP contribution in [-0.4, -0.2) is 18.3 Å². The third kappa shape index (κ3) is 2.06. The van der Waals surface area contributed by atoms with Gasteiger partial charge in [0.25, 0.3) is 0 Å². The third-order valence-electron chi connectivity index (χ3n) is 3.89. The zero-order valence-corrected chi connectivity index (χ0v) is 12.1. The smallest absolute Gasteiger partial charge is 0.124 e. The molecule has 0 amide bonds. The number of hydrogen-bond donors (Lipinski definition) is 1. The Bertz CT molecular complexity index is 457. The van der Waals surface area contributed by atoms with E-state index < -0.39 is 0 Å². The highest BCUT2D eigenvalue weighted by Crippen LogP contribution is 2.49. The maximum atomic E-state index is 6.28. The number of benzene rings is 1. The topological polar surface area (TPSA) is 44.5 Å². The van der Waals surface area contributed by atoms with Gasteiger partial charge < -0.3 is 15.2 Å². The first-order valence-electron chi connectivity index (χ1n) is 6.47. The summed E-state index contributed by atoms with van der Waals surface area (Å²) in [4.78, 5) is 0. The summed E-state index contributed by atoms with van der Waals surface area (Å²) in [7, 11) is 0. The van der Waals surface area contributed by atoms with Crippen molar-refractivity contribution in [3.05, 3.63) is 28.2 Å². The standard InChI is InChI=1S/C14H18BrNO2/c1-2-17-10-6-14(7-10)8-12(16)11-5-9(15)3-4-13(11)18-14/h3-5,10,12H,2,6-8,16H2,1H3. The lowest BCUT2D eigenvalue weighted by atomic mass is 9.71. The van der Waals surface area contributed by atoms with Crippen molar-refractivity contribution in [2.24, 2.45) is 5.73 Å². The fourth-order valence-electron chi connectivity index (χ4n) is 3.06. The molecule has 1 heterocycles. The average molecular weight is 312 g/mol. The van der Waals surface area contributed by atoms with Crippen LogP contribution in [0.15, 0.2) is 22.7 Å². The van der Waals surface area contributed by atoms with E-state index in [2.05, 4.69) is 22.0 Å². The zero-order valence-electron chi connectivity index (χ0n) is 10.5. The second kappa shape index (κ2) is 4.51. The average Bonchev–Trinajstić information content (AvgIpc) is 2.29. The number of nitrogens with two attached hydrogens (primary N) is 1. The van der Waals surface area contributed by atoms with Crippen LogP contribution in [0.25, 0.3) is 0 Å². The first-order chi connectivity index (χ1) is 8.62. The van der Waals surface area contributed by atoms with Crippen molar-refractivity contribution < 1.29 is 9.47 Å². The van der Waals surface area contributed by atoms with E-state index in [4.69, 9.17) is 15.2 Å². The molecule has 0 aromatic heterocycles. The van der Waals surface area contributed by atoms with Crippen LogP contribution in [0.4, 0.5) is 0 Å². The van der Waals surface area contributed by atoms with E-state index in [0.29, 0.717) is 6.10 Å². The molecule has 0 saturated heterocycles. The van der Waals surface area contributed by atoms with Crippen LogP contribution >= 0.6 is 15.9 Å². The quantitative estimate of drug-likeness (QED) is 0.912. The molecule has 1 aliphatic carbocycles. The monoisotopic (exact) mass is 311 g/mol. The summed E-state index contributed by atoms with van der Waals surface area (Å²) in [5.74, 6) is 0.937. The molecule has 2 N–H and O–H groups in total. The molecule has 1 atom stereocenters. The number of fused-ring (bicyclic) bond motifs is 1. The van der Waals surface area contributed by atoms with Crippen molar-refractivity contribution in [1.29, 1.82) is 0 Å². The first-order valence-corrected chi connectivity index (χ1v) is 7.27. The number of ether oxygens (including phenoxy) is 2. The molecule has 1 aliphatic heterocycles. The molecule has 0 bridgehead atoms. The fourth-order valence-corrected chi connectivity index (χ4v) is 3.44. The molecule has 4 heteroatoms. The highest BCUT2D eigenvalue weighted by atomic mass is 79.9. The van der Waals surface area contributed by atoms with Crippen molar-refractivity contribution in [3.8, 4) is 5.75 Å². The lowest BCUT2D eigenvalue weighted by Gasteiger charge is -2.51. The van der Waals surface area contributed by atoms with Gasteiger partial charge in [-0.25, -0.2) is 0 Å². The van der Waals surface area contributed by atoms with Crippen molar-refractivity contribution in [3.63, 3.8) is 0 Å². The summed E-state index contributed by atoms with van der Waals surface area (Å²) < 4.78 is 12.8. The molecule has 1 spiro atoms. The van der Waals surface area contributed by atoms with Crippen molar-refractivity contribution in [1.82, 2.24) is 0 Å². The van der Waals surface area contributed by atoms with Crippen molar-refractivity contribution in [2.45, 2.75) is 43.9 Å². The highest BCUT2D eigenvalue weighted by Gasteiger charge is 2.50. The second-order valence-electron chi connectivity index (χ2n) is 5.26. The lowest BCUT2D eigenvalue weighted by molar-refractivity contribution is -0.134. The highest BCUT2D eigenvalue weighted by molar-refractivity contribution is 9.10. The van der Waals surface area contributed by atoms with Crippen LogP contribution in [0, 0.1) is 0 Å². The Balaban J connectivity index is 1.79. The maximum absolute atomic E-state index is 6.28. The van der Waals surface area contributed by atoms with Crippen LogP contribution in [0.2, 0.25) is 0 Å². The molecule has 1 aromatic carbocycles. The van der Waals surface area contributed by atoms with Crippen molar-refractivity contribution >= 4 is 15.9 Å². The summed E-state index contributed by atoms with van der Waals surface area (Å²) in [6.45, 7) is 2.81. The first kappa shape index (κ1) is 12.5. The molecule has 0 radical (unpaired) electrons. The van der Waals surface area contributed by atoms with E-state index in [0.717, 1.165) is 41.7 Å². The predicted molar refractivity (Wildman–Crippen MR) is 73.7 cm³/mol. The largest absolute Gasteiger partial charge is 0.487 e. The molecule has 1 saturated carbocycles. The van der Waals surface area contributed by atoms with E-state index in [-0.39, 0.29) is 11.6 Å². The molecule has 1 unspecified atom stereocenters. The Morgan fingerprint density at radius 2 is 2.22 bits per heavy atom.